The van der Waals surface area contributed by atoms with E-state index in [2.05, 4.69) is 4.98 Å². The predicted octanol–water partition coefficient (Wildman–Crippen LogP) is 3.39. The Kier molecular flexibility index (Phi) is 2.80. The van der Waals surface area contributed by atoms with E-state index in [0.717, 1.165) is 10.8 Å². The number of hydrogen-bond acceptors (Lipinski definition) is 4. The van der Waals surface area contributed by atoms with E-state index in [9.17, 15) is 10.1 Å². The van der Waals surface area contributed by atoms with Crippen LogP contribution in [0.3, 0.4) is 0 Å². The van der Waals surface area contributed by atoms with Gasteiger partial charge in [-0.3, -0.25) is 10.1 Å². The molecule has 5 heteroatoms. The van der Waals surface area contributed by atoms with Crippen LogP contribution in [0.4, 0.5) is 11.4 Å². The molecule has 0 saturated carbocycles. The third-order valence-electron chi connectivity index (χ3n) is 3.18. The summed E-state index contributed by atoms with van der Waals surface area (Å²) < 4.78 is 0. The van der Waals surface area contributed by atoms with Gasteiger partial charge in [0.2, 0.25) is 0 Å². The second-order valence-electron chi connectivity index (χ2n) is 4.38. The number of pyridine rings is 1. The molecule has 98 valence electrons. The van der Waals surface area contributed by atoms with Crippen LogP contribution in [0, 0.1) is 10.1 Å². The number of aromatic nitrogens is 1. The van der Waals surface area contributed by atoms with E-state index in [-0.39, 0.29) is 11.4 Å². The quantitative estimate of drug-likeness (QED) is 0.568. The molecule has 0 atom stereocenters. The van der Waals surface area contributed by atoms with Gasteiger partial charge in [-0.15, -0.1) is 0 Å². The molecule has 0 aliphatic rings. The molecule has 0 radical (unpaired) electrons. The van der Waals surface area contributed by atoms with Gasteiger partial charge in [0.15, 0.2) is 5.69 Å². The van der Waals surface area contributed by atoms with E-state index < -0.39 is 4.92 Å². The molecule has 0 fully saturated rings. The van der Waals surface area contributed by atoms with Gasteiger partial charge in [0.05, 0.1) is 4.92 Å². The summed E-state index contributed by atoms with van der Waals surface area (Å²) in [6.45, 7) is 0. The van der Waals surface area contributed by atoms with E-state index in [1.165, 1.54) is 12.3 Å². The Labute approximate surface area is 114 Å². The second kappa shape index (κ2) is 4.62. The molecule has 3 rings (SSSR count). The van der Waals surface area contributed by atoms with Gasteiger partial charge in [-0.05, 0) is 16.8 Å². The molecular formula is C15H11N3O2. The van der Waals surface area contributed by atoms with Gasteiger partial charge in [0, 0.05) is 11.8 Å². The van der Waals surface area contributed by atoms with Crippen molar-refractivity contribution in [2.45, 2.75) is 0 Å². The fraction of sp³-hybridized carbons (Fsp3) is 0. The number of nitrogen functional groups attached to an aromatic ring is 1. The van der Waals surface area contributed by atoms with Crippen LogP contribution in [0.1, 0.15) is 0 Å². The summed E-state index contributed by atoms with van der Waals surface area (Å²) in [7, 11) is 0. The lowest BCUT2D eigenvalue weighted by Crippen LogP contribution is -2.00. The van der Waals surface area contributed by atoms with E-state index in [0.29, 0.717) is 11.3 Å². The van der Waals surface area contributed by atoms with Gasteiger partial charge in [-0.2, -0.15) is 0 Å². The van der Waals surface area contributed by atoms with Crippen LogP contribution in [0.25, 0.3) is 22.0 Å². The first-order valence-electron chi connectivity index (χ1n) is 6.05. The number of hydrogen-bond donors (Lipinski definition) is 1. The van der Waals surface area contributed by atoms with Crippen molar-refractivity contribution in [1.29, 1.82) is 0 Å². The summed E-state index contributed by atoms with van der Waals surface area (Å²) in [5.41, 5.74) is 6.70. The highest BCUT2D eigenvalue weighted by molar-refractivity contribution is 5.98. The predicted molar refractivity (Wildman–Crippen MR) is 78.2 cm³/mol. The molecule has 1 aromatic heterocycles. The first kappa shape index (κ1) is 12.1. The largest absolute Gasteiger partial charge is 0.393 e. The molecule has 0 amide bonds. The molecule has 0 aliphatic carbocycles. The number of nitrogens with two attached hydrogens (primary N) is 1. The minimum atomic E-state index is -0.487. The minimum absolute atomic E-state index is 0.118. The lowest BCUT2D eigenvalue weighted by atomic mass is 10.0. The second-order valence-corrected chi connectivity index (χ2v) is 4.38. The van der Waals surface area contributed by atoms with Crippen molar-refractivity contribution in [1.82, 2.24) is 4.98 Å². The first-order valence-corrected chi connectivity index (χ1v) is 6.05. The lowest BCUT2D eigenvalue weighted by molar-refractivity contribution is -0.383. The van der Waals surface area contributed by atoms with Crippen LogP contribution in [0.15, 0.2) is 54.7 Å². The Balaban J connectivity index is 2.37. The Morgan fingerprint density at radius 3 is 2.60 bits per heavy atom. The lowest BCUT2D eigenvalue weighted by Gasteiger charge is -2.07. The average Bonchev–Trinajstić information content (AvgIpc) is 2.46. The van der Waals surface area contributed by atoms with Crippen molar-refractivity contribution in [2.75, 3.05) is 5.73 Å². The van der Waals surface area contributed by atoms with Gasteiger partial charge in [0.1, 0.15) is 5.69 Å². The van der Waals surface area contributed by atoms with E-state index in [1.807, 2.05) is 42.5 Å². The fourth-order valence-corrected chi connectivity index (χ4v) is 2.29. The first-order chi connectivity index (χ1) is 9.68. The summed E-state index contributed by atoms with van der Waals surface area (Å²) >= 11 is 0. The molecule has 0 aliphatic heterocycles. The van der Waals surface area contributed by atoms with Gasteiger partial charge in [-0.25, -0.2) is 4.98 Å². The Hall–Kier alpha value is -2.95. The Morgan fingerprint density at radius 1 is 1.05 bits per heavy atom. The summed E-state index contributed by atoms with van der Waals surface area (Å²) in [6, 6.07) is 14.8. The number of fused-ring (bicyclic) bond motifs is 1. The van der Waals surface area contributed by atoms with E-state index >= 15 is 0 Å². The molecule has 2 aromatic carbocycles. The molecule has 3 aromatic rings. The summed E-state index contributed by atoms with van der Waals surface area (Å²) in [5, 5.41) is 13.2. The normalized spacial score (nSPS) is 10.6. The number of benzene rings is 2. The minimum Gasteiger partial charge on any atom is -0.393 e. The van der Waals surface area contributed by atoms with Crippen LogP contribution in [0.5, 0.6) is 0 Å². The van der Waals surface area contributed by atoms with Crippen LogP contribution in [-0.4, -0.2) is 9.91 Å². The summed E-state index contributed by atoms with van der Waals surface area (Å²) in [5.74, 6) is 0. The maximum atomic E-state index is 11.2. The molecule has 0 bridgehead atoms. The molecular weight excluding hydrogens is 254 g/mol. The average molecular weight is 265 g/mol. The highest BCUT2D eigenvalue weighted by Gasteiger charge is 2.21. The van der Waals surface area contributed by atoms with Gasteiger partial charge in [-0.1, -0.05) is 42.5 Å². The van der Waals surface area contributed by atoms with Crippen LogP contribution >= 0.6 is 0 Å². The maximum absolute atomic E-state index is 11.2. The third kappa shape index (κ3) is 1.85. The van der Waals surface area contributed by atoms with E-state index in [1.54, 1.807) is 0 Å². The number of rotatable bonds is 2. The Bertz CT molecular complexity index is 810. The molecule has 20 heavy (non-hydrogen) atoms. The maximum Gasteiger partial charge on any atom is 0.318 e. The zero-order valence-corrected chi connectivity index (χ0v) is 10.5. The number of anilines is 1. The monoisotopic (exact) mass is 265 g/mol. The fourth-order valence-electron chi connectivity index (χ4n) is 2.29. The SMILES string of the molecule is Nc1ccnc(-c2cccc3ccccc23)c1[N+](=O)[O-]. The van der Waals surface area contributed by atoms with Gasteiger partial charge < -0.3 is 5.73 Å². The van der Waals surface area contributed by atoms with Crippen molar-refractivity contribution in [3.8, 4) is 11.3 Å². The number of nitrogens with zero attached hydrogens (tertiary/aromatic N) is 2. The number of nitro groups is 1. The molecule has 2 N–H and O–H groups in total. The topological polar surface area (TPSA) is 82.0 Å². The molecule has 0 spiro atoms. The van der Waals surface area contributed by atoms with Gasteiger partial charge in [0.25, 0.3) is 0 Å². The highest BCUT2D eigenvalue weighted by atomic mass is 16.6. The van der Waals surface area contributed by atoms with Crippen molar-refractivity contribution in [2.24, 2.45) is 0 Å². The third-order valence-corrected chi connectivity index (χ3v) is 3.18. The van der Waals surface area contributed by atoms with E-state index in [4.69, 9.17) is 5.73 Å². The van der Waals surface area contributed by atoms with Gasteiger partial charge >= 0.3 is 5.69 Å². The molecule has 5 nitrogen and oxygen atoms in total. The Morgan fingerprint density at radius 2 is 1.80 bits per heavy atom. The van der Waals surface area contributed by atoms with Crippen LogP contribution in [-0.2, 0) is 0 Å². The smallest absolute Gasteiger partial charge is 0.318 e. The molecule has 1 heterocycles. The van der Waals surface area contributed by atoms with Crippen molar-refractivity contribution in [3.63, 3.8) is 0 Å². The van der Waals surface area contributed by atoms with Crippen LogP contribution in [0.2, 0.25) is 0 Å². The standard InChI is InChI=1S/C15H11N3O2/c16-13-8-9-17-14(15(13)18(19)20)12-7-3-5-10-4-1-2-6-11(10)12/h1-9H,(H2,16,17). The summed E-state index contributed by atoms with van der Waals surface area (Å²) in [6.07, 6.45) is 1.49. The zero-order valence-electron chi connectivity index (χ0n) is 10.5. The zero-order chi connectivity index (χ0) is 14.1. The van der Waals surface area contributed by atoms with Crippen molar-refractivity contribution in [3.05, 3.63) is 64.8 Å². The van der Waals surface area contributed by atoms with Crippen LogP contribution < -0.4 is 5.73 Å². The molecule has 0 unspecified atom stereocenters. The van der Waals surface area contributed by atoms with Crippen molar-refractivity contribution >= 4 is 22.1 Å². The molecule has 0 saturated heterocycles. The van der Waals surface area contributed by atoms with Crippen molar-refractivity contribution < 1.29 is 4.92 Å². The highest BCUT2D eigenvalue weighted by Crippen LogP contribution is 2.36. The summed E-state index contributed by atoms with van der Waals surface area (Å²) in [4.78, 5) is 14.9.